The summed E-state index contributed by atoms with van der Waals surface area (Å²) in [6, 6.07) is 5.34. The number of nitrogens with zero attached hydrogens (tertiary/aromatic N) is 1. The van der Waals surface area contributed by atoms with Crippen LogP contribution in [0.4, 0.5) is 19.0 Å². The SMILES string of the molecule is O=C(COC(=O)CCC(=O)c1ccc2c(c1)OCCCO2)Nc1ncc(C(F)(F)F)cc1Cl. The zero-order valence-corrected chi connectivity index (χ0v) is 17.8. The number of ketones is 1. The number of nitrogens with one attached hydrogen (secondary N) is 1. The van der Waals surface area contributed by atoms with Crippen LogP contribution in [0.3, 0.4) is 0 Å². The van der Waals surface area contributed by atoms with Crippen LogP contribution in [0, 0.1) is 0 Å². The Labute approximate surface area is 191 Å². The molecule has 0 spiro atoms. The van der Waals surface area contributed by atoms with Crippen LogP contribution in [0.25, 0.3) is 0 Å². The highest BCUT2D eigenvalue weighted by molar-refractivity contribution is 6.33. The van der Waals surface area contributed by atoms with Crippen molar-refractivity contribution in [1.29, 1.82) is 0 Å². The summed E-state index contributed by atoms with van der Waals surface area (Å²) in [7, 11) is 0. The standard InChI is InChI=1S/C21H18ClF3N2O6/c22-14-9-13(21(23,24)25)10-26-20(14)27-18(29)11-33-19(30)5-3-15(28)12-2-4-16-17(8-12)32-7-1-6-31-16/h2,4,8-10H,1,3,5-7,11H2,(H,26,27,29). The number of hydrogen-bond acceptors (Lipinski definition) is 7. The number of pyridine rings is 1. The van der Waals surface area contributed by atoms with Crippen molar-refractivity contribution in [3.63, 3.8) is 0 Å². The molecule has 3 rings (SSSR count). The van der Waals surface area contributed by atoms with E-state index in [9.17, 15) is 27.6 Å². The number of carbonyl (C=O) groups excluding carboxylic acids is 3. The fourth-order valence-electron chi connectivity index (χ4n) is 2.77. The average molecular weight is 487 g/mol. The highest BCUT2D eigenvalue weighted by atomic mass is 35.5. The van der Waals surface area contributed by atoms with Crippen LogP contribution in [0.5, 0.6) is 11.5 Å². The lowest BCUT2D eigenvalue weighted by atomic mass is 10.1. The van der Waals surface area contributed by atoms with Gasteiger partial charge in [-0.3, -0.25) is 14.4 Å². The number of halogens is 4. The molecule has 33 heavy (non-hydrogen) atoms. The molecule has 2 aromatic rings. The predicted molar refractivity (Wildman–Crippen MR) is 109 cm³/mol. The van der Waals surface area contributed by atoms with Gasteiger partial charge in [-0.25, -0.2) is 4.98 Å². The third-order valence-electron chi connectivity index (χ3n) is 4.42. The molecule has 2 heterocycles. The van der Waals surface area contributed by atoms with Gasteiger partial charge in [0.2, 0.25) is 0 Å². The smallest absolute Gasteiger partial charge is 0.417 e. The van der Waals surface area contributed by atoms with Crippen LogP contribution in [0.15, 0.2) is 30.5 Å². The van der Waals surface area contributed by atoms with Crippen LogP contribution >= 0.6 is 11.6 Å². The number of benzene rings is 1. The molecular weight excluding hydrogens is 469 g/mol. The fraction of sp³-hybridized carbons (Fsp3) is 0.333. The van der Waals surface area contributed by atoms with Crippen LogP contribution in [0.1, 0.15) is 35.2 Å². The summed E-state index contributed by atoms with van der Waals surface area (Å²) in [5.74, 6) is -1.31. The van der Waals surface area contributed by atoms with Crippen molar-refractivity contribution in [2.75, 3.05) is 25.1 Å². The van der Waals surface area contributed by atoms with Gasteiger partial charge in [0.05, 0.1) is 30.2 Å². The number of aromatic nitrogens is 1. The number of fused-ring (bicyclic) bond motifs is 1. The Hall–Kier alpha value is -3.34. The molecule has 12 heteroatoms. The van der Waals surface area contributed by atoms with Crippen LogP contribution in [-0.2, 0) is 20.5 Å². The first-order chi connectivity index (χ1) is 15.6. The fourth-order valence-corrected chi connectivity index (χ4v) is 2.98. The second-order valence-electron chi connectivity index (χ2n) is 6.90. The molecule has 1 aromatic carbocycles. The quantitative estimate of drug-likeness (QED) is 0.465. The maximum atomic E-state index is 12.6. The Morgan fingerprint density at radius 3 is 2.52 bits per heavy atom. The van der Waals surface area contributed by atoms with Gasteiger partial charge in [-0.2, -0.15) is 13.2 Å². The lowest BCUT2D eigenvalue weighted by Gasteiger charge is -2.10. The highest BCUT2D eigenvalue weighted by Gasteiger charge is 2.31. The summed E-state index contributed by atoms with van der Waals surface area (Å²) in [5.41, 5.74) is -0.733. The molecule has 0 bridgehead atoms. The van der Waals surface area contributed by atoms with Gasteiger partial charge in [0.1, 0.15) is 0 Å². The van der Waals surface area contributed by atoms with Crippen LogP contribution in [0.2, 0.25) is 5.02 Å². The van der Waals surface area contributed by atoms with E-state index in [1.165, 1.54) is 0 Å². The summed E-state index contributed by atoms with van der Waals surface area (Å²) in [6.45, 7) is 0.253. The summed E-state index contributed by atoms with van der Waals surface area (Å²) in [6.07, 6.45) is -3.84. The zero-order chi connectivity index (χ0) is 24.0. The first-order valence-corrected chi connectivity index (χ1v) is 10.1. The van der Waals surface area contributed by atoms with E-state index in [0.717, 1.165) is 6.42 Å². The Morgan fingerprint density at radius 1 is 1.09 bits per heavy atom. The molecule has 1 amide bonds. The van der Waals surface area contributed by atoms with E-state index in [1.54, 1.807) is 18.2 Å². The molecule has 176 valence electrons. The molecule has 0 atom stereocenters. The third kappa shape index (κ3) is 6.82. The van der Waals surface area contributed by atoms with Gasteiger partial charge in [0.25, 0.3) is 5.91 Å². The minimum atomic E-state index is -4.63. The van der Waals surface area contributed by atoms with Crippen LogP contribution in [-0.4, -0.2) is 42.5 Å². The molecular formula is C21H18ClF3N2O6. The van der Waals surface area contributed by atoms with E-state index >= 15 is 0 Å². The van der Waals surface area contributed by atoms with Crippen molar-refractivity contribution >= 4 is 35.1 Å². The van der Waals surface area contributed by atoms with Gasteiger partial charge >= 0.3 is 12.1 Å². The molecule has 8 nitrogen and oxygen atoms in total. The van der Waals surface area contributed by atoms with Crippen molar-refractivity contribution < 1.29 is 41.8 Å². The van der Waals surface area contributed by atoms with Gasteiger partial charge < -0.3 is 19.5 Å². The number of alkyl halides is 3. The molecule has 0 saturated heterocycles. The van der Waals surface area contributed by atoms with E-state index in [0.29, 0.717) is 42.5 Å². The van der Waals surface area contributed by atoms with Crippen molar-refractivity contribution in [3.05, 3.63) is 46.6 Å². The topological polar surface area (TPSA) is 104 Å². The second kappa shape index (κ2) is 10.5. The number of esters is 1. The van der Waals surface area contributed by atoms with Gasteiger partial charge in [0, 0.05) is 24.6 Å². The monoisotopic (exact) mass is 486 g/mol. The van der Waals surface area contributed by atoms with E-state index in [1.807, 2.05) is 0 Å². The van der Waals surface area contributed by atoms with E-state index in [2.05, 4.69) is 10.3 Å². The normalized spacial score (nSPS) is 13.1. The summed E-state index contributed by atoms with van der Waals surface area (Å²) >= 11 is 5.70. The Morgan fingerprint density at radius 2 is 1.82 bits per heavy atom. The first-order valence-electron chi connectivity index (χ1n) is 9.74. The van der Waals surface area contributed by atoms with Crippen molar-refractivity contribution in [2.45, 2.75) is 25.4 Å². The van der Waals surface area contributed by atoms with Crippen LogP contribution < -0.4 is 14.8 Å². The minimum Gasteiger partial charge on any atom is -0.490 e. The van der Waals surface area contributed by atoms with E-state index < -0.39 is 35.2 Å². The molecule has 0 saturated carbocycles. The summed E-state index contributed by atoms with van der Waals surface area (Å²) < 4.78 is 53.7. The first kappa shape index (κ1) is 24.3. The molecule has 1 N–H and O–H groups in total. The second-order valence-corrected chi connectivity index (χ2v) is 7.30. The minimum absolute atomic E-state index is 0.160. The third-order valence-corrected chi connectivity index (χ3v) is 4.70. The van der Waals surface area contributed by atoms with Gasteiger partial charge in [-0.15, -0.1) is 0 Å². The maximum Gasteiger partial charge on any atom is 0.417 e. The van der Waals surface area contributed by atoms with Gasteiger partial charge in [-0.1, -0.05) is 11.6 Å². The number of rotatable bonds is 7. The Balaban J connectivity index is 1.45. The van der Waals surface area contributed by atoms with Crippen molar-refractivity contribution in [3.8, 4) is 11.5 Å². The van der Waals surface area contributed by atoms with E-state index in [4.69, 9.17) is 25.8 Å². The molecule has 0 fully saturated rings. The largest absolute Gasteiger partial charge is 0.490 e. The number of amides is 1. The van der Waals surface area contributed by atoms with Gasteiger partial charge in [-0.05, 0) is 24.3 Å². The summed E-state index contributed by atoms with van der Waals surface area (Å²) in [5, 5.41) is 1.72. The number of ether oxygens (including phenoxy) is 3. The Bertz CT molecular complexity index is 1060. The lowest BCUT2D eigenvalue weighted by molar-refractivity contribution is -0.147. The number of carbonyl (C=O) groups is 3. The molecule has 1 aliphatic rings. The number of anilines is 1. The van der Waals surface area contributed by atoms with Crippen molar-refractivity contribution in [1.82, 2.24) is 4.98 Å². The average Bonchev–Trinajstić information content (AvgIpc) is 3.01. The van der Waals surface area contributed by atoms with Crippen molar-refractivity contribution in [2.24, 2.45) is 0 Å². The molecule has 0 unspecified atom stereocenters. The molecule has 1 aliphatic heterocycles. The summed E-state index contributed by atoms with van der Waals surface area (Å²) in [4.78, 5) is 39.5. The molecule has 1 aromatic heterocycles. The number of hydrogen-bond donors (Lipinski definition) is 1. The van der Waals surface area contributed by atoms with E-state index in [-0.39, 0.29) is 24.4 Å². The number of Topliss-reactive ketones (excluding diaryl/α,β-unsaturated/α-hetero) is 1. The molecule has 0 radical (unpaired) electrons. The Kier molecular flexibility index (Phi) is 7.75. The maximum absolute atomic E-state index is 12.6. The van der Waals surface area contributed by atoms with Gasteiger partial charge in [0.15, 0.2) is 29.7 Å². The molecule has 0 aliphatic carbocycles. The predicted octanol–water partition coefficient (Wildman–Crippen LogP) is 4.06. The zero-order valence-electron chi connectivity index (χ0n) is 17.0. The lowest BCUT2D eigenvalue weighted by Crippen LogP contribution is -2.22. The highest BCUT2D eigenvalue weighted by Crippen LogP contribution is 2.32.